The van der Waals surface area contributed by atoms with Crippen molar-refractivity contribution in [2.24, 2.45) is 0 Å². The molecule has 2 rings (SSSR count). The lowest BCUT2D eigenvalue weighted by Gasteiger charge is -2.03. The number of rotatable bonds is 3. The average molecular weight is 280 g/mol. The van der Waals surface area contributed by atoms with E-state index in [4.69, 9.17) is 11.6 Å². The van der Waals surface area contributed by atoms with Gasteiger partial charge in [-0.25, -0.2) is 4.98 Å². The maximum absolute atomic E-state index is 12.2. The Morgan fingerprint density at radius 2 is 2.06 bits per heavy atom. The molecule has 0 saturated carbocycles. The Morgan fingerprint density at radius 3 is 2.61 bits per heavy atom. The summed E-state index contributed by atoms with van der Waals surface area (Å²) in [6.45, 7) is 5.89. The van der Waals surface area contributed by atoms with E-state index in [0.29, 0.717) is 11.4 Å². The van der Waals surface area contributed by atoms with Crippen molar-refractivity contribution in [3.63, 3.8) is 0 Å². The van der Waals surface area contributed by atoms with Crippen molar-refractivity contribution in [1.29, 1.82) is 0 Å². The predicted octanol–water partition coefficient (Wildman–Crippen LogP) is 4.15. The maximum atomic E-state index is 12.2. The molecule has 0 spiro atoms. The summed E-state index contributed by atoms with van der Waals surface area (Å²) in [7, 11) is 0. The largest absolute Gasteiger partial charge is 0.294 e. The quantitative estimate of drug-likeness (QED) is 0.790. The van der Waals surface area contributed by atoms with Crippen LogP contribution >= 0.6 is 22.9 Å². The highest BCUT2D eigenvalue weighted by Crippen LogP contribution is 2.20. The Hall–Kier alpha value is -1.19. The van der Waals surface area contributed by atoms with Gasteiger partial charge in [-0.2, -0.15) is 0 Å². The van der Waals surface area contributed by atoms with Gasteiger partial charge >= 0.3 is 0 Å². The molecule has 1 aromatic heterocycles. The summed E-state index contributed by atoms with van der Waals surface area (Å²) in [5, 5.41) is 1.54. The van der Waals surface area contributed by atoms with E-state index in [1.54, 1.807) is 23.5 Å². The second-order valence-corrected chi connectivity index (χ2v) is 6.03. The molecule has 0 aliphatic rings. The van der Waals surface area contributed by atoms with Gasteiger partial charge in [-0.3, -0.25) is 4.79 Å². The average Bonchev–Trinajstić information content (AvgIpc) is 2.57. The summed E-state index contributed by atoms with van der Waals surface area (Å²) in [6.07, 6.45) is 0.363. The van der Waals surface area contributed by atoms with Gasteiger partial charge in [0, 0.05) is 15.5 Å². The van der Waals surface area contributed by atoms with Crippen molar-refractivity contribution in [1.82, 2.24) is 4.98 Å². The second-order valence-electron chi connectivity index (χ2n) is 4.31. The molecule has 94 valence electrons. The van der Waals surface area contributed by atoms with Crippen LogP contribution in [0.5, 0.6) is 0 Å². The minimum absolute atomic E-state index is 0.0953. The van der Waals surface area contributed by atoms with E-state index in [0.717, 1.165) is 21.8 Å². The predicted molar refractivity (Wildman–Crippen MR) is 75.8 cm³/mol. The molecule has 0 aliphatic carbocycles. The first-order chi connectivity index (χ1) is 8.47. The number of aryl methyl sites for hydroxylation is 3. The zero-order valence-corrected chi connectivity index (χ0v) is 12.2. The third-order valence-electron chi connectivity index (χ3n) is 2.87. The molecule has 18 heavy (non-hydrogen) atoms. The van der Waals surface area contributed by atoms with E-state index in [-0.39, 0.29) is 5.78 Å². The van der Waals surface area contributed by atoms with E-state index < -0.39 is 0 Å². The highest BCUT2D eigenvalue weighted by molar-refractivity contribution is 7.11. The van der Waals surface area contributed by atoms with Crippen LogP contribution in [-0.4, -0.2) is 10.8 Å². The van der Waals surface area contributed by atoms with E-state index in [1.807, 2.05) is 26.8 Å². The lowest BCUT2D eigenvalue weighted by Crippen LogP contribution is -2.05. The summed E-state index contributed by atoms with van der Waals surface area (Å²) in [4.78, 5) is 17.8. The molecule has 0 amide bonds. The maximum Gasteiger partial charge on any atom is 0.169 e. The van der Waals surface area contributed by atoms with Gasteiger partial charge in [0.1, 0.15) is 5.01 Å². The molecule has 0 N–H and O–H groups in total. The number of thiazole rings is 1. The number of carbonyl (C=O) groups is 1. The first kappa shape index (κ1) is 13.2. The number of hydrogen-bond acceptors (Lipinski definition) is 3. The molecule has 0 bridgehead atoms. The molecule has 0 unspecified atom stereocenters. The third kappa shape index (κ3) is 2.79. The van der Waals surface area contributed by atoms with Gasteiger partial charge in [0.25, 0.3) is 0 Å². The zero-order valence-electron chi connectivity index (χ0n) is 10.6. The second kappa shape index (κ2) is 5.21. The normalized spacial score (nSPS) is 10.7. The van der Waals surface area contributed by atoms with Crippen LogP contribution in [0.3, 0.4) is 0 Å². The SMILES string of the molecule is Cc1cc(Cl)ccc1C(=O)Cc1nc(C)c(C)s1. The number of aromatic nitrogens is 1. The van der Waals surface area contributed by atoms with Crippen LogP contribution in [0.1, 0.15) is 31.5 Å². The van der Waals surface area contributed by atoms with Gasteiger partial charge in [-0.15, -0.1) is 11.3 Å². The minimum atomic E-state index is 0.0953. The molecule has 2 nitrogen and oxygen atoms in total. The van der Waals surface area contributed by atoms with Crippen molar-refractivity contribution >= 4 is 28.7 Å². The van der Waals surface area contributed by atoms with Crippen molar-refractivity contribution in [3.8, 4) is 0 Å². The molecule has 0 aliphatic heterocycles. The van der Waals surface area contributed by atoms with Gasteiger partial charge in [0.15, 0.2) is 5.78 Å². The Morgan fingerprint density at radius 1 is 1.33 bits per heavy atom. The summed E-state index contributed by atoms with van der Waals surface area (Å²) in [5.74, 6) is 0.0953. The van der Waals surface area contributed by atoms with E-state index >= 15 is 0 Å². The Kier molecular flexibility index (Phi) is 3.83. The number of benzene rings is 1. The number of halogens is 1. The first-order valence-corrected chi connectivity index (χ1v) is 6.89. The van der Waals surface area contributed by atoms with Gasteiger partial charge in [-0.1, -0.05) is 11.6 Å². The highest BCUT2D eigenvalue weighted by atomic mass is 35.5. The number of ketones is 1. The summed E-state index contributed by atoms with van der Waals surface area (Å²) < 4.78 is 0. The van der Waals surface area contributed by atoms with Gasteiger partial charge in [0.2, 0.25) is 0 Å². The highest BCUT2D eigenvalue weighted by Gasteiger charge is 2.13. The standard InChI is InChI=1S/C14H14ClNOS/c1-8-6-11(15)4-5-12(8)13(17)7-14-16-9(2)10(3)18-14/h4-6H,7H2,1-3H3. The van der Waals surface area contributed by atoms with Crippen LogP contribution < -0.4 is 0 Å². The van der Waals surface area contributed by atoms with E-state index in [1.165, 1.54) is 4.88 Å². The number of nitrogens with zero attached hydrogens (tertiary/aromatic N) is 1. The van der Waals surface area contributed by atoms with Crippen LogP contribution in [0.4, 0.5) is 0 Å². The fourth-order valence-corrected chi connectivity index (χ4v) is 2.95. The summed E-state index contributed by atoms with van der Waals surface area (Å²) >= 11 is 7.47. The van der Waals surface area contributed by atoms with Crippen LogP contribution in [-0.2, 0) is 6.42 Å². The van der Waals surface area contributed by atoms with Crippen molar-refractivity contribution in [3.05, 3.63) is 49.9 Å². The third-order valence-corrected chi connectivity index (χ3v) is 4.18. The molecular formula is C14H14ClNOS. The molecular weight excluding hydrogens is 266 g/mol. The molecule has 0 atom stereocenters. The molecule has 2 aromatic rings. The van der Waals surface area contributed by atoms with Crippen molar-refractivity contribution in [2.75, 3.05) is 0 Å². The van der Waals surface area contributed by atoms with E-state index in [9.17, 15) is 4.79 Å². The molecule has 0 radical (unpaired) electrons. The monoisotopic (exact) mass is 279 g/mol. The Bertz CT molecular complexity index is 584. The molecule has 1 aromatic carbocycles. The van der Waals surface area contributed by atoms with Crippen LogP contribution in [0, 0.1) is 20.8 Å². The van der Waals surface area contributed by atoms with Crippen LogP contribution in [0.2, 0.25) is 5.02 Å². The van der Waals surface area contributed by atoms with Gasteiger partial charge < -0.3 is 0 Å². The van der Waals surface area contributed by atoms with Crippen molar-refractivity contribution < 1.29 is 4.79 Å². The topological polar surface area (TPSA) is 30.0 Å². The molecule has 4 heteroatoms. The van der Waals surface area contributed by atoms with Crippen LogP contribution in [0.25, 0.3) is 0 Å². The number of carbonyl (C=O) groups excluding carboxylic acids is 1. The molecule has 1 heterocycles. The minimum Gasteiger partial charge on any atom is -0.294 e. The summed E-state index contributed by atoms with van der Waals surface area (Å²) in [5.41, 5.74) is 2.65. The number of Topliss-reactive ketones (excluding diaryl/α,β-unsaturated/α-hetero) is 1. The fraction of sp³-hybridized carbons (Fsp3) is 0.286. The smallest absolute Gasteiger partial charge is 0.169 e. The molecule has 0 fully saturated rings. The molecule has 0 saturated heterocycles. The zero-order chi connectivity index (χ0) is 13.3. The Labute approximate surface area is 116 Å². The van der Waals surface area contributed by atoms with Gasteiger partial charge in [-0.05, 0) is 44.5 Å². The van der Waals surface area contributed by atoms with Crippen molar-refractivity contribution in [2.45, 2.75) is 27.2 Å². The number of hydrogen-bond donors (Lipinski definition) is 0. The Balaban J connectivity index is 2.22. The summed E-state index contributed by atoms with van der Waals surface area (Å²) in [6, 6.07) is 5.35. The first-order valence-electron chi connectivity index (χ1n) is 5.69. The van der Waals surface area contributed by atoms with E-state index in [2.05, 4.69) is 4.98 Å². The fourth-order valence-electron chi connectivity index (χ4n) is 1.79. The lowest BCUT2D eigenvalue weighted by atomic mass is 10.0. The lowest BCUT2D eigenvalue weighted by molar-refractivity contribution is 0.0992. The van der Waals surface area contributed by atoms with Gasteiger partial charge in [0.05, 0.1) is 12.1 Å². The van der Waals surface area contributed by atoms with Crippen LogP contribution in [0.15, 0.2) is 18.2 Å².